The van der Waals surface area contributed by atoms with E-state index in [0.29, 0.717) is 11.4 Å². The van der Waals surface area contributed by atoms with Crippen LogP contribution in [0.25, 0.3) is 11.3 Å². The van der Waals surface area contributed by atoms with E-state index in [2.05, 4.69) is 15.3 Å². The summed E-state index contributed by atoms with van der Waals surface area (Å²) < 4.78 is 71.0. The number of ether oxygens (including phenoxy) is 3. The van der Waals surface area contributed by atoms with Gasteiger partial charge in [0.15, 0.2) is 17.8 Å². The first-order chi connectivity index (χ1) is 14.8. The molecule has 1 aromatic heterocycles. The second kappa shape index (κ2) is 7.78. The zero-order valence-electron chi connectivity index (χ0n) is 16.0. The van der Waals surface area contributed by atoms with E-state index in [0.717, 1.165) is 30.2 Å². The predicted molar refractivity (Wildman–Crippen MR) is 103 cm³/mol. The van der Waals surface area contributed by atoms with Gasteiger partial charge < -0.3 is 19.5 Å². The number of aromatic nitrogens is 2. The Morgan fingerprint density at radius 2 is 1.81 bits per heavy atom. The fraction of sp³-hybridized carbons (Fsp3) is 0.143. The molecule has 1 aromatic carbocycles. The van der Waals surface area contributed by atoms with Gasteiger partial charge in [0, 0.05) is 5.56 Å². The number of hydrogen-bond donors (Lipinski definition) is 1. The predicted octanol–water partition coefficient (Wildman–Crippen LogP) is 5.02. The number of nitrogens with one attached hydrogen (secondary N) is 1. The Bertz CT molecular complexity index is 1110. The van der Waals surface area contributed by atoms with Gasteiger partial charge in [-0.15, -0.1) is 0 Å². The first-order valence-corrected chi connectivity index (χ1v) is 8.93. The third kappa shape index (κ3) is 3.96. The summed E-state index contributed by atoms with van der Waals surface area (Å²) in [6.45, 7) is 0. The van der Waals surface area contributed by atoms with E-state index < -0.39 is 23.2 Å². The Balaban J connectivity index is 1.50. The van der Waals surface area contributed by atoms with E-state index in [4.69, 9.17) is 14.2 Å². The van der Waals surface area contributed by atoms with Crippen molar-refractivity contribution in [1.29, 1.82) is 0 Å². The second-order valence-corrected chi connectivity index (χ2v) is 6.48. The molecule has 0 radical (unpaired) electrons. The van der Waals surface area contributed by atoms with Gasteiger partial charge in [-0.2, -0.15) is 17.6 Å². The van der Waals surface area contributed by atoms with Crippen molar-refractivity contribution < 1.29 is 31.8 Å². The Hall–Kier alpha value is -3.82. The molecule has 0 fully saturated rings. The SMILES string of the molecule is COc1ccc(-c2cncc(NC3=COC=C(C4=CC=CC(F)(F)C4(F)F)O3)n2)cc1. The molecule has 0 atom stereocenters. The van der Waals surface area contributed by atoms with Crippen molar-refractivity contribution in [3.8, 4) is 17.0 Å². The van der Waals surface area contributed by atoms with Crippen LogP contribution in [0.15, 0.2) is 84.6 Å². The zero-order chi connectivity index (χ0) is 22.1. The van der Waals surface area contributed by atoms with Crippen molar-refractivity contribution in [2.75, 3.05) is 12.4 Å². The first-order valence-electron chi connectivity index (χ1n) is 8.93. The lowest BCUT2D eigenvalue weighted by molar-refractivity contribution is -0.156. The highest BCUT2D eigenvalue weighted by Crippen LogP contribution is 2.46. The maximum atomic E-state index is 14.2. The molecule has 0 unspecified atom stereocenters. The number of methoxy groups -OCH3 is 1. The minimum absolute atomic E-state index is 0.131. The largest absolute Gasteiger partial charge is 0.497 e. The Morgan fingerprint density at radius 1 is 1.03 bits per heavy atom. The topological polar surface area (TPSA) is 65.5 Å². The molecular weight excluding hydrogens is 418 g/mol. The van der Waals surface area contributed by atoms with Gasteiger partial charge in [-0.25, -0.2) is 4.98 Å². The number of alkyl halides is 4. The molecule has 31 heavy (non-hydrogen) atoms. The van der Waals surface area contributed by atoms with Crippen molar-refractivity contribution >= 4 is 5.82 Å². The van der Waals surface area contributed by atoms with Crippen LogP contribution in [-0.2, 0) is 9.47 Å². The van der Waals surface area contributed by atoms with Crippen molar-refractivity contribution in [3.05, 3.63) is 84.6 Å². The Labute approximate surface area is 174 Å². The van der Waals surface area contributed by atoms with Crippen molar-refractivity contribution in [2.45, 2.75) is 11.8 Å². The number of nitrogens with zero attached hydrogens (tertiary/aromatic N) is 2. The summed E-state index contributed by atoms with van der Waals surface area (Å²) in [7, 11) is 1.55. The summed E-state index contributed by atoms with van der Waals surface area (Å²) in [5, 5.41) is 2.73. The normalized spacial score (nSPS) is 18.7. The minimum Gasteiger partial charge on any atom is -0.497 e. The molecule has 2 aliphatic rings. The highest BCUT2D eigenvalue weighted by atomic mass is 19.3. The van der Waals surface area contributed by atoms with Gasteiger partial charge in [0.1, 0.15) is 12.0 Å². The van der Waals surface area contributed by atoms with E-state index in [-0.39, 0.29) is 17.8 Å². The standard InChI is InChI=1S/C21H15F4N3O3/c1-29-14-6-4-13(5-7-14)16-9-26-10-18(27-16)28-19-12-30-11-17(31-19)15-3-2-8-20(22,23)21(15,24)25/h2-12H,1H3,(H,27,28). The molecule has 1 aliphatic heterocycles. The molecule has 1 aliphatic carbocycles. The lowest BCUT2D eigenvalue weighted by atomic mass is 9.95. The summed E-state index contributed by atoms with van der Waals surface area (Å²) in [5.74, 6) is -8.61. The first kappa shape index (κ1) is 20.5. The van der Waals surface area contributed by atoms with Crippen LogP contribution in [0, 0.1) is 0 Å². The number of hydrogen-bond acceptors (Lipinski definition) is 6. The zero-order valence-corrected chi connectivity index (χ0v) is 16.0. The van der Waals surface area contributed by atoms with Gasteiger partial charge in [-0.05, 0) is 36.4 Å². The molecule has 10 heteroatoms. The van der Waals surface area contributed by atoms with Gasteiger partial charge in [-0.1, -0.05) is 6.08 Å². The minimum atomic E-state index is -4.46. The summed E-state index contributed by atoms with van der Waals surface area (Å²) in [5.41, 5.74) is 0.269. The number of allylic oxidation sites excluding steroid dienone is 4. The van der Waals surface area contributed by atoms with Crippen LogP contribution in [0.2, 0.25) is 0 Å². The molecule has 6 nitrogen and oxygen atoms in total. The van der Waals surface area contributed by atoms with Gasteiger partial charge in [0.05, 0.1) is 30.8 Å². The molecule has 160 valence electrons. The van der Waals surface area contributed by atoms with Gasteiger partial charge in [0.2, 0.25) is 5.88 Å². The van der Waals surface area contributed by atoms with Crippen LogP contribution in [0.3, 0.4) is 0 Å². The van der Waals surface area contributed by atoms with E-state index in [1.54, 1.807) is 31.4 Å². The number of benzene rings is 1. The molecule has 0 saturated carbocycles. The monoisotopic (exact) mass is 433 g/mol. The van der Waals surface area contributed by atoms with Gasteiger partial charge >= 0.3 is 11.8 Å². The lowest BCUT2D eigenvalue weighted by Crippen LogP contribution is -2.42. The van der Waals surface area contributed by atoms with Crippen LogP contribution in [0.4, 0.5) is 23.4 Å². The average molecular weight is 433 g/mol. The van der Waals surface area contributed by atoms with Crippen molar-refractivity contribution in [1.82, 2.24) is 9.97 Å². The molecule has 2 aromatic rings. The highest BCUT2D eigenvalue weighted by Gasteiger charge is 2.59. The average Bonchev–Trinajstić information content (AvgIpc) is 2.76. The summed E-state index contributed by atoms with van der Waals surface area (Å²) >= 11 is 0. The van der Waals surface area contributed by atoms with Crippen molar-refractivity contribution in [2.24, 2.45) is 0 Å². The number of anilines is 1. The third-order valence-corrected chi connectivity index (χ3v) is 4.43. The summed E-state index contributed by atoms with van der Waals surface area (Å²) in [6.07, 6.45) is 6.63. The Kier molecular flexibility index (Phi) is 5.14. The summed E-state index contributed by atoms with van der Waals surface area (Å²) in [6, 6.07) is 7.10. The lowest BCUT2D eigenvalue weighted by Gasteiger charge is -2.30. The smallest absolute Gasteiger partial charge is 0.342 e. The van der Waals surface area contributed by atoms with Crippen LogP contribution in [0.1, 0.15) is 0 Å². The van der Waals surface area contributed by atoms with E-state index in [1.807, 2.05) is 0 Å². The van der Waals surface area contributed by atoms with E-state index in [1.165, 1.54) is 12.4 Å². The molecular formula is C21H15F4N3O3. The second-order valence-electron chi connectivity index (χ2n) is 6.48. The molecule has 2 heterocycles. The van der Waals surface area contributed by atoms with E-state index in [9.17, 15) is 17.6 Å². The van der Waals surface area contributed by atoms with Crippen LogP contribution < -0.4 is 10.1 Å². The summed E-state index contributed by atoms with van der Waals surface area (Å²) in [4.78, 5) is 8.46. The quantitative estimate of drug-likeness (QED) is 0.669. The fourth-order valence-corrected chi connectivity index (χ4v) is 2.84. The highest BCUT2D eigenvalue weighted by molar-refractivity contribution is 5.61. The molecule has 1 N–H and O–H groups in total. The molecule has 4 rings (SSSR count). The molecule has 0 saturated heterocycles. The van der Waals surface area contributed by atoms with E-state index >= 15 is 0 Å². The molecule has 0 bridgehead atoms. The van der Waals surface area contributed by atoms with Crippen molar-refractivity contribution in [3.63, 3.8) is 0 Å². The third-order valence-electron chi connectivity index (χ3n) is 4.43. The van der Waals surface area contributed by atoms with Crippen LogP contribution in [0.5, 0.6) is 5.75 Å². The van der Waals surface area contributed by atoms with Crippen LogP contribution in [-0.4, -0.2) is 28.9 Å². The maximum absolute atomic E-state index is 14.2. The van der Waals surface area contributed by atoms with Crippen LogP contribution >= 0.6 is 0 Å². The molecule has 0 amide bonds. The maximum Gasteiger partial charge on any atom is 0.342 e. The fourth-order valence-electron chi connectivity index (χ4n) is 2.84. The molecule has 0 spiro atoms. The Morgan fingerprint density at radius 3 is 2.55 bits per heavy atom. The van der Waals surface area contributed by atoms with Gasteiger partial charge in [0.25, 0.3) is 0 Å². The van der Waals surface area contributed by atoms with Gasteiger partial charge in [-0.3, -0.25) is 4.98 Å². The number of rotatable bonds is 5. The number of halogens is 4.